The van der Waals surface area contributed by atoms with Crippen LogP contribution in [0.5, 0.6) is 11.5 Å². The maximum absolute atomic E-state index is 12.6. The summed E-state index contributed by atoms with van der Waals surface area (Å²) in [4.78, 5) is 25.2. The molecular formula is C26H27F5N2O6. The lowest BCUT2D eigenvalue weighted by Gasteiger charge is -2.47. The Hall–Kier alpha value is -3.45. The SMILES string of the molecule is CC1(NC(=O)c2ccc(OC(F)(F)F)cc2)COC2(CCC(NC(=O)c3ccc(OC(F)F)cc3)CC2)OC1. The van der Waals surface area contributed by atoms with Crippen LogP contribution >= 0.6 is 0 Å². The number of carbonyl (C=O) groups is 2. The van der Waals surface area contributed by atoms with Crippen LogP contribution in [0.15, 0.2) is 48.5 Å². The molecule has 2 N–H and O–H groups in total. The van der Waals surface area contributed by atoms with Gasteiger partial charge >= 0.3 is 13.0 Å². The Kier molecular flexibility index (Phi) is 8.31. The number of amides is 2. The minimum absolute atomic E-state index is 0.0376. The van der Waals surface area contributed by atoms with Crippen molar-refractivity contribution in [1.82, 2.24) is 10.6 Å². The molecule has 8 nitrogen and oxygen atoms in total. The van der Waals surface area contributed by atoms with Crippen molar-refractivity contribution in [3.63, 3.8) is 0 Å². The number of carbonyl (C=O) groups excluding carboxylic acids is 2. The lowest BCUT2D eigenvalue weighted by Crippen LogP contribution is -2.61. The van der Waals surface area contributed by atoms with Crippen molar-refractivity contribution in [2.24, 2.45) is 0 Å². The zero-order chi connectivity index (χ0) is 28.3. The van der Waals surface area contributed by atoms with Gasteiger partial charge in [-0.1, -0.05) is 0 Å². The second kappa shape index (κ2) is 11.3. The summed E-state index contributed by atoms with van der Waals surface area (Å²) < 4.78 is 81.8. The zero-order valence-electron chi connectivity index (χ0n) is 20.9. The normalized spacial score (nSPS) is 25.3. The number of halogens is 5. The van der Waals surface area contributed by atoms with Gasteiger partial charge in [0, 0.05) is 30.0 Å². The summed E-state index contributed by atoms with van der Waals surface area (Å²) in [5, 5.41) is 5.74. The van der Waals surface area contributed by atoms with Gasteiger partial charge in [-0.2, -0.15) is 8.78 Å². The first kappa shape index (κ1) is 28.6. The van der Waals surface area contributed by atoms with Gasteiger partial charge in [-0.3, -0.25) is 9.59 Å². The molecule has 1 aliphatic heterocycles. The lowest BCUT2D eigenvalue weighted by molar-refractivity contribution is -0.300. The summed E-state index contributed by atoms with van der Waals surface area (Å²) in [6.07, 6.45) is -2.66. The third-order valence-electron chi connectivity index (χ3n) is 6.50. The van der Waals surface area contributed by atoms with Crippen molar-refractivity contribution in [3.05, 3.63) is 59.7 Å². The molecule has 2 aromatic rings. The van der Waals surface area contributed by atoms with E-state index in [9.17, 15) is 31.5 Å². The van der Waals surface area contributed by atoms with E-state index in [2.05, 4.69) is 20.1 Å². The molecule has 1 heterocycles. The Morgan fingerprint density at radius 3 is 1.92 bits per heavy atom. The average Bonchev–Trinajstić information content (AvgIpc) is 2.87. The second-order valence-corrected chi connectivity index (χ2v) is 9.73. The van der Waals surface area contributed by atoms with E-state index < -0.39 is 36.0 Å². The first-order valence-electron chi connectivity index (χ1n) is 12.2. The minimum Gasteiger partial charge on any atom is -0.435 e. The second-order valence-electron chi connectivity index (χ2n) is 9.73. The number of hydrogen-bond donors (Lipinski definition) is 2. The number of alkyl halides is 5. The molecule has 2 aromatic carbocycles. The van der Waals surface area contributed by atoms with Crippen LogP contribution in [0.1, 0.15) is 53.3 Å². The number of rotatable bonds is 7. The van der Waals surface area contributed by atoms with Crippen LogP contribution in [-0.4, -0.2) is 55.4 Å². The van der Waals surface area contributed by atoms with Crippen LogP contribution in [0, 0.1) is 0 Å². The molecule has 1 aliphatic carbocycles. The predicted molar refractivity (Wildman–Crippen MR) is 126 cm³/mol. The van der Waals surface area contributed by atoms with E-state index in [1.165, 1.54) is 36.4 Å². The number of nitrogens with one attached hydrogen (secondary N) is 2. The van der Waals surface area contributed by atoms with Crippen molar-refractivity contribution in [1.29, 1.82) is 0 Å². The van der Waals surface area contributed by atoms with E-state index in [1.807, 2.05) is 0 Å². The Balaban J connectivity index is 1.23. The molecule has 4 rings (SSSR count). The first-order chi connectivity index (χ1) is 18.3. The van der Waals surface area contributed by atoms with Gasteiger partial charge in [0.05, 0.1) is 18.8 Å². The van der Waals surface area contributed by atoms with E-state index >= 15 is 0 Å². The molecule has 0 radical (unpaired) electrons. The number of hydrogen-bond acceptors (Lipinski definition) is 6. The van der Waals surface area contributed by atoms with Crippen molar-refractivity contribution >= 4 is 11.8 Å². The molecule has 39 heavy (non-hydrogen) atoms. The lowest BCUT2D eigenvalue weighted by atomic mass is 9.88. The summed E-state index contributed by atoms with van der Waals surface area (Å²) in [6, 6.07) is 9.85. The maximum Gasteiger partial charge on any atom is 0.573 e. The molecule has 2 amide bonds. The van der Waals surface area contributed by atoms with Crippen molar-refractivity contribution in [2.75, 3.05) is 13.2 Å². The van der Waals surface area contributed by atoms with Crippen molar-refractivity contribution in [3.8, 4) is 11.5 Å². The third-order valence-corrected chi connectivity index (χ3v) is 6.50. The van der Waals surface area contributed by atoms with Gasteiger partial charge in [0.1, 0.15) is 11.5 Å². The van der Waals surface area contributed by atoms with Gasteiger partial charge in [-0.05, 0) is 68.3 Å². The van der Waals surface area contributed by atoms with Gasteiger partial charge in [0.15, 0.2) is 5.79 Å². The quantitative estimate of drug-likeness (QED) is 0.475. The fraction of sp³-hybridized carbons (Fsp3) is 0.462. The molecule has 2 aliphatic rings. The summed E-state index contributed by atoms with van der Waals surface area (Å²) in [5.41, 5.74) is -0.399. The molecule has 0 bridgehead atoms. The molecule has 2 fully saturated rings. The highest BCUT2D eigenvalue weighted by molar-refractivity contribution is 5.95. The Morgan fingerprint density at radius 1 is 0.897 bits per heavy atom. The van der Waals surface area contributed by atoms with Gasteiger partial charge in [0.2, 0.25) is 0 Å². The molecule has 1 saturated carbocycles. The molecule has 0 atom stereocenters. The van der Waals surface area contributed by atoms with Crippen molar-refractivity contribution < 1.29 is 50.5 Å². The number of ether oxygens (including phenoxy) is 4. The van der Waals surface area contributed by atoms with E-state index in [0.29, 0.717) is 31.2 Å². The molecule has 1 saturated heterocycles. The smallest absolute Gasteiger partial charge is 0.435 e. The molecule has 0 aromatic heterocycles. The maximum atomic E-state index is 12.6. The van der Waals surface area contributed by atoms with Crippen LogP contribution in [0.3, 0.4) is 0 Å². The van der Waals surface area contributed by atoms with E-state index in [0.717, 1.165) is 12.1 Å². The fourth-order valence-corrected chi connectivity index (χ4v) is 4.44. The van der Waals surface area contributed by atoms with E-state index in [4.69, 9.17) is 9.47 Å². The van der Waals surface area contributed by atoms with E-state index in [1.54, 1.807) is 6.92 Å². The van der Waals surface area contributed by atoms with Gasteiger partial charge in [0.25, 0.3) is 11.8 Å². The Labute approximate surface area is 220 Å². The van der Waals surface area contributed by atoms with Crippen LogP contribution in [0.4, 0.5) is 22.0 Å². The summed E-state index contributed by atoms with van der Waals surface area (Å²) in [6.45, 7) is -0.904. The summed E-state index contributed by atoms with van der Waals surface area (Å²) in [5.74, 6) is -2.15. The first-order valence-corrected chi connectivity index (χ1v) is 12.2. The van der Waals surface area contributed by atoms with Gasteiger partial charge in [-0.15, -0.1) is 13.2 Å². The molecule has 0 unspecified atom stereocenters. The van der Waals surface area contributed by atoms with Gasteiger partial charge < -0.3 is 29.6 Å². The fourth-order valence-electron chi connectivity index (χ4n) is 4.44. The van der Waals surface area contributed by atoms with Crippen LogP contribution < -0.4 is 20.1 Å². The highest BCUT2D eigenvalue weighted by atomic mass is 19.4. The molecule has 212 valence electrons. The van der Waals surface area contributed by atoms with Crippen molar-refractivity contribution in [2.45, 2.75) is 62.9 Å². The Morgan fingerprint density at radius 2 is 1.41 bits per heavy atom. The largest absolute Gasteiger partial charge is 0.573 e. The number of benzene rings is 2. The van der Waals surface area contributed by atoms with Crippen LogP contribution in [0.2, 0.25) is 0 Å². The highest BCUT2D eigenvalue weighted by Crippen LogP contribution is 2.37. The molecule has 13 heteroatoms. The summed E-state index contributed by atoms with van der Waals surface area (Å²) >= 11 is 0. The highest BCUT2D eigenvalue weighted by Gasteiger charge is 2.45. The predicted octanol–water partition coefficient (Wildman–Crippen LogP) is 4.79. The monoisotopic (exact) mass is 558 g/mol. The minimum atomic E-state index is -4.82. The average molecular weight is 558 g/mol. The van der Waals surface area contributed by atoms with E-state index in [-0.39, 0.29) is 36.5 Å². The summed E-state index contributed by atoms with van der Waals surface area (Å²) in [7, 11) is 0. The molecular weight excluding hydrogens is 531 g/mol. The molecule has 1 spiro atoms. The zero-order valence-corrected chi connectivity index (χ0v) is 20.9. The standard InChI is InChI=1S/C26H27F5N2O6/c1-24(33-22(35)17-4-8-20(9-5-17)39-26(29,30)31)14-36-25(37-15-24)12-10-18(11-13-25)32-21(34)16-2-6-19(7-3-16)38-23(27)28/h2-9,18,23H,10-15H2,1H3,(H,32,34)(H,33,35). The van der Waals surface area contributed by atoms with Crippen LogP contribution in [-0.2, 0) is 9.47 Å². The topological polar surface area (TPSA) is 95.1 Å². The van der Waals surface area contributed by atoms with Crippen LogP contribution in [0.25, 0.3) is 0 Å². The Bertz CT molecular complexity index is 1140. The third kappa shape index (κ3) is 7.79. The van der Waals surface area contributed by atoms with Gasteiger partial charge in [-0.25, -0.2) is 0 Å².